The van der Waals surface area contributed by atoms with Crippen molar-refractivity contribution in [2.24, 2.45) is 0 Å². The average molecular weight is 466 g/mol. The molecule has 1 aromatic heterocycles. The van der Waals surface area contributed by atoms with Gasteiger partial charge in [0.2, 0.25) is 8.32 Å². The van der Waals surface area contributed by atoms with Crippen LogP contribution < -0.4 is 0 Å². The SMILES string of the molecule is CC(C)[Si](O[C@@H]1CC[C@@H](c2cc(F)cc(F)c2)[C@@H](Cl)c2cccnc21)(C(C)C)C(C)C. The van der Waals surface area contributed by atoms with Gasteiger partial charge >= 0.3 is 0 Å². The van der Waals surface area contributed by atoms with Crippen LogP contribution in [-0.4, -0.2) is 13.3 Å². The quantitative estimate of drug-likeness (QED) is 0.242. The van der Waals surface area contributed by atoms with Crippen LogP contribution in [0.25, 0.3) is 0 Å². The summed E-state index contributed by atoms with van der Waals surface area (Å²) in [6, 6.07) is 7.55. The van der Waals surface area contributed by atoms with Gasteiger partial charge in [-0.15, -0.1) is 11.6 Å². The molecule has 0 aliphatic heterocycles. The van der Waals surface area contributed by atoms with Crippen molar-refractivity contribution in [1.29, 1.82) is 0 Å². The van der Waals surface area contributed by atoms with Crippen LogP contribution in [0.3, 0.4) is 0 Å². The fraction of sp³-hybridized carbons (Fsp3) is 0.560. The molecule has 0 saturated heterocycles. The standard InChI is InChI=1S/C25H34ClF2NOSi/c1-15(2)31(16(3)4,17(5)6)30-23-10-9-21(18-12-19(27)14-20(28)13-18)24(26)22-8-7-11-29-25(22)23/h7-8,11-17,21,23-24H,9-10H2,1-6H3/t21-,23+,24+/m0/s1. The number of benzene rings is 1. The van der Waals surface area contributed by atoms with Crippen molar-refractivity contribution in [3.63, 3.8) is 0 Å². The molecule has 2 aromatic rings. The van der Waals surface area contributed by atoms with E-state index in [1.165, 1.54) is 12.1 Å². The van der Waals surface area contributed by atoms with Crippen molar-refractivity contribution in [2.45, 2.75) is 88.4 Å². The molecule has 1 aromatic carbocycles. The lowest BCUT2D eigenvalue weighted by Gasteiger charge is -2.44. The first-order chi connectivity index (χ1) is 14.6. The van der Waals surface area contributed by atoms with Gasteiger partial charge in [-0.3, -0.25) is 4.98 Å². The van der Waals surface area contributed by atoms with E-state index in [2.05, 4.69) is 41.5 Å². The fourth-order valence-electron chi connectivity index (χ4n) is 5.66. The normalized spacial score (nSPS) is 22.1. The summed E-state index contributed by atoms with van der Waals surface area (Å²) in [6.45, 7) is 13.6. The second-order valence-corrected chi connectivity index (χ2v) is 15.6. The predicted octanol–water partition coefficient (Wildman–Crippen LogP) is 8.45. The van der Waals surface area contributed by atoms with Gasteiger partial charge in [0.05, 0.1) is 17.2 Å². The molecule has 3 atom stereocenters. The van der Waals surface area contributed by atoms with Gasteiger partial charge in [0.1, 0.15) is 11.6 Å². The first-order valence-corrected chi connectivity index (χ1v) is 13.9. The number of rotatable bonds is 6. The zero-order chi connectivity index (χ0) is 22.9. The Kier molecular flexibility index (Phi) is 7.60. The highest BCUT2D eigenvalue weighted by atomic mass is 35.5. The lowest BCUT2D eigenvalue weighted by Crippen LogP contribution is -2.48. The van der Waals surface area contributed by atoms with E-state index in [0.717, 1.165) is 23.7 Å². The number of hydrogen-bond acceptors (Lipinski definition) is 2. The van der Waals surface area contributed by atoms with E-state index in [0.29, 0.717) is 28.6 Å². The number of fused-ring (bicyclic) bond motifs is 1. The molecule has 0 saturated carbocycles. The largest absolute Gasteiger partial charge is 0.408 e. The van der Waals surface area contributed by atoms with Crippen LogP contribution in [0.15, 0.2) is 36.5 Å². The lowest BCUT2D eigenvalue weighted by molar-refractivity contribution is 0.160. The summed E-state index contributed by atoms with van der Waals surface area (Å²) in [5, 5.41) is -0.424. The predicted molar refractivity (Wildman–Crippen MR) is 126 cm³/mol. The third-order valence-corrected chi connectivity index (χ3v) is 13.6. The minimum absolute atomic E-state index is 0.167. The zero-order valence-electron chi connectivity index (χ0n) is 19.3. The summed E-state index contributed by atoms with van der Waals surface area (Å²) in [5.41, 5.74) is 3.71. The van der Waals surface area contributed by atoms with Crippen molar-refractivity contribution in [1.82, 2.24) is 4.98 Å². The topological polar surface area (TPSA) is 22.1 Å². The minimum atomic E-state index is -2.15. The third kappa shape index (κ3) is 4.74. The number of alkyl halides is 1. The van der Waals surface area contributed by atoms with E-state index in [1.54, 1.807) is 6.20 Å². The Morgan fingerprint density at radius 2 is 1.55 bits per heavy atom. The Bertz CT molecular complexity index is 863. The van der Waals surface area contributed by atoms with E-state index in [1.807, 2.05) is 12.1 Å². The Balaban J connectivity index is 2.05. The van der Waals surface area contributed by atoms with Gasteiger partial charge in [-0.25, -0.2) is 8.78 Å². The maximum absolute atomic E-state index is 14.0. The lowest BCUT2D eigenvalue weighted by atomic mass is 9.89. The number of halogens is 3. The zero-order valence-corrected chi connectivity index (χ0v) is 21.1. The molecule has 6 heteroatoms. The average Bonchev–Trinajstić information content (AvgIpc) is 2.81. The van der Waals surface area contributed by atoms with Gasteiger partial charge in [0.25, 0.3) is 0 Å². The number of nitrogens with zero attached hydrogens (tertiary/aromatic N) is 1. The maximum atomic E-state index is 14.0. The van der Waals surface area contributed by atoms with Gasteiger partial charge in [0, 0.05) is 18.2 Å². The van der Waals surface area contributed by atoms with Gasteiger partial charge in [0.15, 0.2) is 0 Å². The maximum Gasteiger partial charge on any atom is 0.201 e. The van der Waals surface area contributed by atoms with Crippen molar-refractivity contribution < 1.29 is 13.2 Å². The summed E-state index contributed by atoms with van der Waals surface area (Å²) in [4.78, 5) is 4.70. The molecule has 3 rings (SSSR count). The first-order valence-electron chi connectivity index (χ1n) is 11.3. The monoisotopic (exact) mass is 465 g/mol. The third-order valence-electron chi connectivity index (χ3n) is 6.93. The number of hydrogen-bond donors (Lipinski definition) is 0. The van der Waals surface area contributed by atoms with Crippen molar-refractivity contribution in [3.8, 4) is 0 Å². The molecule has 0 fully saturated rings. The molecule has 0 N–H and O–H groups in total. The first kappa shape index (κ1) is 24.3. The Hall–Kier alpha value is -1.30. The van der Waals surface area contributed by atoms with E-state index in [4.69, 9.17) is 21.0 Å². The second kappa shape index (κ2) is 9.68. The van der Waals surface area contributed by atoms with Gasteiger partial charge < -0.3 is 4.43 Å². The van der Waals surface area contributed by atoms with Gasteiger partial charge in [-0.1, -0.05) is 47.6 Å². The smallest absolute Gasteiger partial charge is 0.201 e. The van der Waals surface area contributed by atoms with Crippen LogP contribution in [0, 0.1) is 11.6 Å². The fourth-order valence-corrected chi connectivity index (χ4v) is 11.7. The number of pyridine rings is 1. The molecule has 1 heterocycles. The second-order valence-electron chi connectivity index (χ2n) is 9.69. The van der Waals surface area contributed by atoms with Crippen LogP contribution >= 0.6 is 11.6 Å². The minimum Gasteiger partial charge on any atom is -0.408 e. The molecule has 0 spiro atoms. The van der Waals surface area contributed by atoms with Gasteiger partial charge in [-0.2, -0.15) is 0 Å². The molecule has 31 heavy (non-hydrogen) atoms. The number of aromatic nitrogens is 1. The molecule has 0 radical (unpaired) electrons. The molecule has 0 bridgehead atoms. The summed E-state index contributed by atoms with van der Waals surface area (Å²) in [5.74, 6) is -1.36. The van der Waals surface area contributed by atoms with Crippen LogP contribution in [0.5, 0.6) is 0 Å². The molecule has 0 unspecified atom stereocenters. The van der Waals surface area contributed by atoms with Crippen LogP contribution in [0.2, 0.25) is 16.6 Å². The van der Waals surface area contributed by atoms with Gasteiger partial charge in [-0.05, 0) is 58.8 Å². The van der Waals surface area contributed by atoms with E-state index in [9.17, 15) is 8.78 Å². The van der Waals surface area contributed by atoms with Crippen molar-refractivity contribution in [3.05, 3.63) is 65.0 Å². The Morgan fingerprint density at radius 1 is 0.968 bits per heavy atom. The molecule has 1 aliphatic rings. The summed E-state index contributed by atoms with van der Waals surface area (Å²) in [7, 11) is -2.15. The molecule has 2 nitrogen and oxygen atoms in total. The highest BCUT2D eigenvalue weighted by molar-refractivity contribution is 6.77. The highest BCUT2D eigenvalue weighted by Gasteiger charge is 2.48. The summed E-state index contributed by atoms with van der Waals surface area (Å²) >= 11 is 6.95. The van der Waals surface area contributed by atoms with Crippen LogP contribution in [0.1, 0.15) is 88.6 Å². The molecular formula is C25H34ClF2NOSi. The van der Waals surface area contributed by atoms with E-state index in [-0.39, 0.29) is 12.0 Å². The summed E-state index contributed by atoms with van der Waals surface area (Å²) < 4.78 is 35.0. The molecule has 0 amide bonds. The van der Waals surface area contributed by atoms with E-state index >= 15 is 0 Å². The Morgan fingerprint density at radius 3 is 2.10 bits per heavy atom. The Labute approximate surface area is 191 Å². The highest BCUT2D eigenvalue weighted by Crippen LogP contribution is 2.51. The van der Waals surface area contributed by atoms with Crippen molar-refractivity contribution in [2.75, 3.05) is 0 Å². The van der Waals surface area contributed by atoms with Crippen molar-refractivity contribution >= 4 is 19.9 Å². The molecule has 170 valence electrons. The van der Waals surface area contributed by atoms with Crippen LogP contribution in [-0.2, 0) is 4.43 Å². The van der Waals surface area contributed by atoms with Crippen LogP contribution in [0.4, 0.5) is 8.78 Å². The molecular weight excluding hydrogens is 432 g/mol. The summed E-state index contributed by atoms with van der Waals surface area (Å²) in [6.07, 6.45) is 3.01. The molecule has 1 aliphatic carbocycles. The van der Waals surface area contributed by atoms with E-state index < -0.39 is 25.3 Å².